The highest BCUT2D eigenvalue weighted by Crippen LogP contribution is 2.65. The molecule has 11 rings (SSSR count). The summed E-state index contributed by atoms with van der Waals surface area (Å²) in [6.07, 6.45) is 2.14. The van der Waals surface area contributed by atoms with Crippen LogP contribution in [0.2, 0.25) is 0 Å². The van der Waals surface area contributed by atoms with Crippen LogP contribution >= 0.6 is 0 Å². The maximum absolute atomic E-state index is 2.82. The molecule has 70 heavy (non-hydrogen) atoms. The normalized spacial score (nSPS) is 19.3. The Bertz CT molecular complexity index is 3140. The number of anilines is 8. The second kappa shape index (κ2) is 15.3. The Hall–Kier alpha value is -6.00. The third-order valence-corrected chi connectivity index (χ3v) is 17.2. The average molecular weight is 920 g/mol. The van der Waals surface area contributed by atoms with Gasteiger partial charge in [-0.05, 0) is 165 Å². The molecule has 3 heterocycles. The van der Waals surface area contributed by atoms with E-state index in [1.54, 1.807) is 0 Å². The first-order valence-corrected chi connectivity index (χ1v) is 26.1. The Morgan fingerprint density at radius 2 is 0.943 bits per heavy atom. The smallest absolute Gasteiger partial charge is 0.252 e. The van der Waals surface area contributed by atoms with E-state index in [1.165, 1.54) is 112 Å². The lowest BCUT2D eigenvalue weighted by molar-refractivity contribution is 0.245. The molecule has 0 saturated carbocycles. The molecule has 0 bridgehead atoms. The van der Waals surface area contributed by atoms with Crippen molar-refractivity contribution in [2.75, 3.05) is 14.7 Å². The lowest BCUT2D eigenvalue weighted by Gasteiger charge is -2.52. The van der Waals surface area contributed by atoms with Crippen LogP contribution < -0.4 is 31.1 Å². The van der Waals surface area contributed by atoms with E-state index in [0.717, 1.165) is 12.8 Å². The maximum Gasteiger partial charge on any atom is 0.252 e. The van der Waals surface area contributed by atoms with Crippen LogP contribution in [0, 0.1) is 13.8 Å². The van der Waals surface area contributed by atoms with Crippen molar-refractivity contribution in [3.8, 4) is 0 Å². The van der Waals surface area contributed by atoms with Crippen LogP contribution in [0.4, 0.5) is 45.5 Å². The summed E-state index contributed by atoms with van der Waals surface area (Å²) in [5.41, 5.74) is 25.7. The molecule has 0 N–H and O–H groups in total. The third-order valence-electron chi connectivity index (χ3n) is 17.2. The monoisotopic (exact) mass is 920 g/mol. The van der Waals surface area contributed by atoms with Crippen molar-refractivity contribution >= 4 is 68.6 Å². The second-order valence-electron chi connectivity index (χ2n) is 26.0. The Morgan fingerprint density at radius 1 is 0.457 bits per heavy atom. The minimum absolute atomic E-state index is 0.00249. The van der Waals surface area contributed by atoms with Crippen LogP contribution in [0.15, 0.2) is 133 Å². The van der Waals surface area contributed by atoms with E-state index in [0.29, 0.717) is 0 Å². The highest BCUT2D eigenvalue weighted by molar-refractivity contribution is 7.00. The summed E-state index contributed by atoms with van der Waals surface area (Å²) in [5, 5.41) is 0. The number of hydrogen-bond donors (Lipinski definition) is 0. The maximum atomic E-state index is 2.82. The van der Waals surface area contributed by atoms with E-state index in [4.69, 9.17) is 0 Å². The summed E-state index contributed by atoms with van der Waals surface area (Å²) < 4.78 is 0. The van der Waals surface area contributed by atoms with Gasteiger partial charge in [-0.3, -0.25) is 0 Å². The fraction of sp³-hybridized carbons (Fsp3) is 0.364. The molecule has 0 aromatic heterocycles. The average Bonchev–Trinajstić information content (AvgIpc) is 3.50. The lowest BCUT2D eigenvalue weighted by Crippen LogP contribution is -2.61. The standard InChI is InChI=1S/C66H74BN3/c1-41-33-42(2)60-52(34-41)65(15)32-31-43-21-17-18-26-51(43)66(65,16)70(60)50-39-57-59-58(40-50)69(49-25-20-23-45(36-49)62(6,7)8)56-38-47(64(12,13)14)28-30-54(56)67(59)53-29-27-46(63(9,10)11)37-55(53)68(57)48-24-19-22-44(35-48)61(3,4)5/h17-30,33-40H,31-32H2,1-16H3. The van der Waals surface area contributed by atoms with Crippen LogP contribution in [-0.2, 0) is 39.0 Å². The van der Waals surface area contributed by atoms with Gasteiger partial charge in [0.15, 0.2) is 0 Å². The number of nitrogens with zero attached hydrogens (tertiary/aromatic N) is 3. The molecule has 3 nitrogen and oxygen atoms in total. The zero-order chi connectivity index (χ0) is 49.8. The van der Waals surface area contributed by atoms with Crippen LogP contribution in [-0.4, -0.2) is 6.71 Å². The molecule has 1 aliphatic carbocycles. The van der Waals surface area contributed by atoms with Gasteiger partial charge in [-0.15, -0.1) is 0 Å². The molecule has 356 valence electrons. The third kappa shape index (κ3) is 6.82. The molecule has 0 radical (unpaired) electrons. The molecule has 0 amide bonds. The van der Waals surface area contributed by atoms with Gasteiger partial charge in [0.25, 0.3) is 6.71 Å². The van der Waals surface area contributed by atoms with Crippen molar-refractivity contribution in [2.45, 2.75) is 156 Å². The van der Waals surface area contributed by atoms with Crippen LogP contribution in [0.3, 0.4) is 0 Å². The molecule has 7 aromatic rings. The van der Waals surface area contributed by atoms with E-state index < -0.39 is 0 Å². The van der Waals surface area contributed by atoms with Crippen LogP contribution in [0.5, 0.6) is 0 Å². The van der Waals surface area contributed by atoms with Crippen molar-refractivity contribution in [3.05, 3.63) is 184 Å². The summed E-state index contributed by atoms with van der Waals surface area (Å²) in [6.45, 7) is 38.0. The predicted molar refractivity (Wildman–Crippen MR) is 303 cm³/mol. The first-order chi connectivity index (χ1) is 32.8. The quantitative estimate of drug-likeness (QED) is 0.164. The van der Waals surface area contributed by atoms with Gasteiger partial charge in [0.1, 0.15) is 0 Å². The topological polar surface area (TPSA) is 9.72 Å². The summed E-state index contributed by atoms with van der Waals surface area (Å²) in [7, 11) is 0. The molecule has 2 atom stereocenters. The summed E-state index contributed by atoms with van der Waals surface area (Å²) in [5.74, 6) is 0. The van der Waals surface area contributed by atoms with E-state index in [1.807, 2.05) is 0 Å². The Morgan fingerprint density at radius 3 is 1.44 bits per heavy atom. The Labute approximate surface area is 421 Å². The van der Waals surface area contributed by atoms with Gasteiger partial charge < -0.3 is 14.7 Å². The Kier molecular flexibility index (Phi) is 10.1. The van der Waals surface area contributed by atoms with Gasteiger partial charge in [-0.1, -0.05) is 181 Å². The van der Waals surface area contributed by atoms with E-state index in [2.05, 4.69) is 259 Å². The largest absolute Gasteiger partial charge is 0.330 e. The highest BCUT2D eigenvalue weighted by Gasteiger charge is 2.61. The zero-order valence-corrected chi connectivity index (χ0v) is 45.0. The molecule has 4 aliphatic rings. The lowest BCUT2D eigenvalue weighted by atomic mass is 9.33. The van der Waals surface area contributed by atoms with E-state index in [9.17, 15) is 0 Å². The number of benzene rings is 7. The minimum atomic E-state index is -0.380. The van der Waals surface area contributed by atoms with Gasteiger partial charge in [0, 0.05) is 50.9 Å². The van der Waals surface area contributed by atoms with Crippen LogP contribution in [0.25, 0.3) is 0 Å². The molecule has 0 saturated heterocycles. The molecule has 4 heteroatoms. The highest BCUT2D eigenvalue weighted by atomic mass is 15.3. The molecule has 0 spiro atoms. The molecule has 3 aliphatic heterocycles. The van der Waals surface area contributed by atoms with Gasteiger partial charge in [-0.25, -0.2) is 0 Å². The number of hydrogen-bond acceptors (Lipinski definition) is 3. The van der Waals surface area contributed by atoms with Crippen molar-refractivity contribution < 1.29 is 0 Å². The molecular weight excluding hydrogens is 846 g/mol. The molecular formula is C66H74BN3. The van der Waals surface area contributed by atoms with Gasteiger partial charge in [0.05, 0.1) is 5.54 Å². The van der Waals surface area contributed by atoms with E-state index >= 15 is 0 Å². The first kappa shape index (κ1) is 46.4. The summed E-state index contributed by atoms with van der Waals surface area (Å²) >= 11 is 0. The van der Waals surface area contributed by atoms with Crippen molar-refractivity contribution in [3.63, 3.8) is 0 Å². The van der Waals surface area contributed by atoms with Gasteiger partial charge in [0.2, 0.25) is 0 Å². The van der Waals surface area contributed by atoms with Crippen molar-refractivity contribution in [2.24, 2.45) is 0 Å². The summed E-state index contributed by atoms with van der Waals surface area (Å²) in [4.78, 5) is 8.13. The molecule has 2 unspecified atom stereocenters. The number of fused-ring (bicyclic) bond motifs is 9. The zero-order valence-electron chi connectivity index (χ0n) is 45.0. The first-order valence-electron chi connectivity index (χ1n) is 26.1. The van der Waals surface area contributed by atoms with Gasteiger partial charge >= 0.3 is 0 Å². The van der Waals surface area contributed by atoms with Crippen LogP contribution in [0.1, 0.15) is 153 Å². The Balaban J connectivity index is 1.32. The minimum Gasteiger partial charge on any atom is -0.330 e. The SMILES string of the molecule is Cc1cc(C)c2c(c1)C1(C)CCc3ccccc3C1(C)N2c1cc2c3c(c1)N(c1cccc(C(C)(C)C)c1)c1cc(C(C)(C)C)ccc1B3c1ccc(C(C)(C)C)cc1N2c1cccc(C(C)(C)C)c1. The fourth-order valence-electron chi connectivity index (χ4n) is 13.0. The number of rotatable bonds is 3. The molecule has 0 fully saturated rings. The number of aryl methyl sites for hydroxylation is 3. The fourth-order valence-corrected chi connectivity index (χ4v) is 13.0. The second-order valence-corrected chi connectivity index (χ2v) is 26.0. The predicted octanol–water partition coefficient (Wildman–Crippen LogP) is 15.8. The van der Waals surface area contributed by atoms with Gasteiger partial charge in [-0.2, -0.15) is 0 Å². The van der Waals surface area contributed by atoms with Crippen molar-refractivity contribution in [1.29, 1.82) is 0 Å². The molecule has 7 aromatic carbocycles. The summed E-state index contributed by atoms with van der Waals surface area (Å²) in [6, 6.07) is 53.2. The van der Waals surface area contributed by atoms with Crippen molar-refractivity contribution in [1.82, 2.24) is 0 Å². The van der Waals surface area contributed by atoms with E-state index in [-0.39, 0.29) is 39.3 Å².